The molecular weight excluding hydrogens is 466 g/mol. The summed E-state index contributed by atoms with van der Waals surface area (Å²) >= 11 is 0. The molecule has 8 nitrogen and oxygen atoms in total. The maximum absolute atomic E-state index is 6.27. The molecule has 0 aliphatic carbocycles. The molecule has 8 heteroatoms. The molecule has 3 heterocycles. The minimum absolute atomic E-state index is 0.549. The number of anilines is 2. The highest BCUT2D eigenvalue weighted by atomic mass is 16.5. The number of benzene rings is 2. The van der Waals surface area contributed by atoms with E-state index in [9.17, 15) is 0 Å². The van der Waals surface area contributed by atoms with Crippen LogP contribution >= 0.6 is 0 Å². The maximum atomic E-state index is 6.27. The van der Waals surface area contributed by atoms with Gasteiger partial charge >= 0.3 is 0 Å². The number of nitrogens with one attached hydrogen (secondary N) is 1. The van der Waals surface area contributed by atoms with Crippen molar-refractivity contribution in [2.45, 2.75) is 13.0 Å². The normalized spacial score (nSPS) is 17.2. The quantitative estimate of drug-likeness (QED) is 0.529. The number of rotatable bonds is 4. The first kappa shape index (κ1) is 25.2. The molecule has 0 spiro atoms. The Balaban J connectivity index is 1.38. The summed E-state index contributed by atoms with van der Waals surface area (Å²) in [4.78, 5) is 13.9. The van der Waals surface area contributed by atoms with Crippen molar-refractivity contribution in [2.75, 3.05) is 65.0 Å². The van der Waals surface area contributed by atoms with Crippen LogP contribution in [0.5, 0.6) is 11.5 Å². The molecule has 1 saturated heterocycles. The summed E-state index contributed by atoms with van der Waals surface area (Å²) < 4.78 is 17.7. The molecule has 1 N–H and O–H groups in total. The Bertz CT molecular complexity index is 1200. The first-order valence-corrected chi connectivity index (χ1v) is 13.0. The van der Waals surface area contributed by atoms with Gasteiger partial charge in [-0.05, 0) is 49.9 Å². The molecule has 37 heavy (non-hydrogen) atoms. The zero-order chi connectivity index (χ0) is 25.3. The average molecular weight is 502 g/mol. The molecular formula is C29H35N5O3. The van der Waals surface area contributed by atoms with E-state index < -0.39 is 0 Å². The van der Waals surface area contributed by atoms with Crippen LogP contribution in [0, 0.1) is 0 Å². The molecule has 194 valence electrons. The van der Waals surface area contributed by atoms with E-state index in [-0.39, 0.29) is 0 Å². The highest BCUT2D eigenvalue weighted by molar-refractivity contribution is 5.64. The van der Waals surface area contributed by atoms with Crippen LogP contribution in [-0.4, -0.2) is 79.4 Å². The van der Waals surface area contributed by atoms with Crippen LogP contribution < -0.4 is 14.8 Å². The summed E-state index contributed by atoms with van der Waals surface area (Å²) in [7, 11) is 2.12. The van der Waals surface area contributed by atoms with Crippen molar-refractivity contribution in [1.29, 1.82) is 0 Å². The number of morpholine rings is 1. The van der Waals surface area contributed by atoms with Crippen molar-refractivity contribution >= 4 is 11.6 Å². The lowest BCUT2D eigenvalue weighted by atomic mass is 10.1. The monoisotopic (exact) mass is 501 g/mol. The van der Waals surface area contributed by atoms with Crippen LogP contribution in [0.25, 0.3) is 11.3 Å². The van der Waals surface area contributed by atoms with Crippen LogP contribution in [0.2, 0.25) is 0 Å². The molecule has 0 amide bonds. The lowest BCUT2D eigenvalue weighted by Gasteiger charge is -2.26. The molecule has 2 aliphatic rings. The SMILES string of the molecule is CN1CC=CCCOc2cccc(c2)-c2ccnc(n2)Nc2ccc(OCCN3CCOCC3)c(c2)C1. The fourth-order valence-corrected chi connectivity index (χ4v) is 4.46. The fourth-order valence-electron chi connectivity index (χ4n) is 4.46. The summed E-state index contributed by atoms with van der Waals surface area (Å²) in [6.07, 6.45) is 7.00. The van der Waals surface area contributed by atoms with E-state index in [1.54, 1.807) is 6.20 Å². The minimum Gasteiger partial charge on any atom is -0.493 e. The van der Waals surface area contributed by atoms with Crippen LogP contribution in [0.4, 0.5) is 11.6 Å². The number of ether oxygens (including phenoxy) is 3. The van der Waals surface area contributed by atoms with Gasteiger partial charge in [-0.25, -0.2) is 9.97 Å². The Morgan fingerprint density at radius 1 is 1.03 bits per heavy atom. The molecule has 0 saturated carbocycles. The Hall–Kier alpha value is -3.46. The third-order valence-corrected chi connectivity index (χ3v) is 6.45. The zero-order valence-electron chi connectivity index (χ0n) is 21.4. The second-order valence-corrected chi connectivity index (χ2v) is 9.35. The lowest BCUT2D eigenvalue weighted by Crippen LogP contribution is -2.38. The Kier molecular flexibility index (Phi) is 8.63. The first-order valence-electron chi connectivity index (χ1n) is 13.0. The number of likely N-dealkylation sites (N-methyl/N-ethyl adjacent to an activating group) is 1. The van der Waals surface area contributed by atoms with Crippen molar-refractivity contribution in [3.8, 4) is 22.8 Å². The largest absolute Gasteiger partial charge is 0.493 e. The average Bonchev–Trinajstić information content (AvgIpc) is 2.92. The molecule has 0 unspecified atom stereocenters. The molecule has 0 radical (unpaired) electrons. The van der Waals surface area contributed by atoms with E-state index in [1.807, 2.05) is 42.5 Å². The summed E-state index contributed by atoms with van der Waals surface area (Å²) in [5, 5.41) is 3.38. The van der Waals surface area contributed by atoms with Crippen LogP contribution in [0.15, 0.2) is 66.9 Å². The summed E-state index contributed by atoms with van der Waals surface area (Å²) in [6, 6.07) is 16.1. The molecule has 5 rings (SSSR count). The van der Waals surface area contributed by atoms with Crippen molar-refractivity contribution in [3.05, 3.63) is 72.4 Å². The van der Waals surface area contributed by atoms with Gasteiger partial charge in [0.1, 0.15) is 18.1 Å². The van der Waals surface area contributed by atoms with Crippen molar-refractivity contribution in [2.24, 2.45) is 0 Å². The standard InChI is InChI=1S/C29H35N5O3/c1-33-12-3-2-4-16-36-26-7-5-6-23(21-26)27-10-11-30-29(32-27)31-25-8-9-28(24(20-25)22-33)37-19-15-34-13-17-35-18-14-34/h2-3,5-11,20-21H,4,12-19,22H2,1H3,(H,30,31,32). The summed E-state index contributed by atoms with van der Waals surface area (Å²) in [6.45, 7) is 7.28. The molecule has 2 aliphatic heterocycles. The molecule has 6 bridgehead atoms. The maximum Gasteiger partial charge on any atom is 0.227 e. The summed E-state index contributed by atoms with van der Waals surface area (Å²) in [5.41, 5.74) is 3.88. The highest BCUT2D eigenvalue weighted by Crippen LogP contribution is 2.27. The van der Waals surface area contributed by atoms with Gasteiger partial charge in [-0.1, -0.05) is 24.3 Å². The second-order valence-electron chi connectivity index (χ2n) is 9.35. The van der Waals surface area contributed by atoms with Gasteiger partial charge in [-0.15, -0.1) is 0 Å². The number of aromatic nitrogens is 2. The van der Waals surface area contributed by atoms with Gasteiger partial charge in [0.05, 0.1) is 25.5 Å². The van der Waals surface area contributed by atoms with Gasteiger partial charge < -0.3 is 19.5 Å². The minimum atomic E-state index is 0.549. The third-order valence-electron chi connectivity index (χ3n) is 6.45. The van der Waals surface area contributed by atoms with Crippen molar-refractivity contribution in [1.82, 2.24) is 19.8 Å². The van der Waals surface area contributed by atoms with E-state index in [0.29, 0.717) is 19.2 Å². The Labute approximate surface area is 218 Å². The topological polar surface area (TPSA) is 72.0 Å². The van der Waals surface area contributed by atoms with Crippen LogP contribution in [0.1, 0.15) is 12.0 Å². The van der Waals surface area contributed by atoms with Gasteiger partial charge in [0.15, 0.2) is 0 Å². The Morgan fingerprint density at radius 2 is 1.95 bits per heavy atom. The molecule has 3 aromatic rings. The van der Waals surface area contributed by atoms with E-state index in [4.69, 9.17) is 19.2 Å². The number of hydrogen-bond donors (Lipinski definition) is 1. The lowest BCUT2D eigenvalue weighted by molar-refractivity contribution is 0.0321. The summed E-state index contributed by atoms with van der Waals surface area (Å²) in [5.74, 6) is 2.29. The smallest absolute Gasteiger partial charge is 0.227 e. The zero-order valence-corrected chi connectivity index (χ0v) is 21.4. The second kappa shape index (κ2) is 12.7. The van der Waals surface area contributed by atoms with Gasteiger partial charge in [-0.2, -0.15) is 0 Å². The number of nitrogens with zero attached hydrogens (tertiary/aromatic N) is 4. The van der Waals surface area contributed by atoms with Crippen molar-refractivity contribution in [3.63, 3.8) is 0 Å². The van der Waals surface area contributed by atoms with E-state index >= 15 is 0 Å². The Morgan fingerprint density at radius 3 is 2.86 bits per heavy atom. The van der Waals surface area contributed by atoms with Gasteiger partial charge in [0.25, 0.3) is 0 Å². The van der Waals surface area contributed by atoms with Crippen molar-refractivity contribution < 1.29 is 14.2 Å². The van der Waals surface area contributed by atoms with Crippen LogP contribution in [0.3, 0.4) is 0 Å². The van der Waals surface area contributed by atoms with E-state index in [0.717, 1.165) is 86.4 Å². The van der Waals surface area contributed by atoms with Gasteiger partial charge in [0.2, 0.25) is 5.95 Å². The van der Waals surface area contributed by atoms with E-state index in [1.165, 1.54) is 0 Å². The fraction of sp³-hybridized carbons (Fsp3) is 0.379. The molecule has 1 fully saturated rings. The number of hydrogen-bond acceptors (Lipinski definition) is 8. The molecule has 2 aromatic carbocycles. The highest BCUT2D eigenvalue weighted by Gasteiger charge is 2.13. The van der Waals surface area contributed by atoms with Gasteiger partial charge in [0, 0.05) is 55.7 Å². The third kappa shape index (κ3) is 7.29. The van der Waals surface area contributed by atoms with Crippen LogP contribution in [-0.2, 0) is 11.3 Å². The molecule has 1 aromatic heterocycles. The first-order chi connectivity index (χ1) is 18.2. The molecule has 0 atom stereocenters. The number of fused-ring (bicyclic) bond motifs is 7. The predicted molar refractivity (Wildman–Crippen MR) is 146 cm³/mol. The van der Waals surface area contributed by atoms with Gasteiger partial charge in [-0.3, -0.25) is 9.80 Å². The van der Waals surface area contributed by atoms with E-state index in [2.05, 4.69) is 45.4 Å². The predicted octanol–water partition coefficient (Wildman–Crippen LogP) is 4.37.